The highest BCUT2D eigenvalue weighted by molar-refractivity contribution is 5.80. The van der Waals surface area contributed by atoms with Crippen molar-refractivity contribution in [1.82, 2.24) is 25.1 Å². The minimum Gasteiger partial charge on any atom is -0.370 e. The fourth-order valence-electron chi connectivity index (χ4n) is 4.44. The lowest BCUT2D eigenvalue weighted by atomic mass is 10.0. The van der Waals surface area contributed by atoms with Gasteiger partial charge in [-0.2, -0.15) is 0 Å². The maximum absolute atomic E-state index is 6.07. The Bertz CT molecular complexity index is 868. The number of anilines is 1. The molecule has 1 unspecified atom stereocenters. The second-order valence-electron chi connectivity index (χ2n) is 8.37. The number of aliphatic imine (C=N–C) groups is 1. The zero-order valence-electron chi connectivity index (χ0n) is 19.3. The number of hydrogen-bond donors (Lipinski definition) is 1. The second-order valence-corrected chi connectivity index (χ2v) is 8.37. The molecule has 8 nitrogen and oxygen atoms in total. The molecule has 8 heteroatoms. The number of rotatable bonds is 6. The Balaban J connectivity index is 1.19. The van der Waals surface area contributed by atoms with Gasteiger partial charge in [-0.05, 0) is 37.1 Å². The molecule has 0 spiro atoms. The van der Waals surface area contributed by atoms with Gasteiger partial charge in [-0.15, -0.1) is 0 Å². The number of guanidine groups is 1. The van der Waals surface area contributed by atoms with Gasteiger partial charge in [0.1, 0.15) is 6.10 Å². The first-order chi connectivity index (χ1) is 15.7. The van der Waals surface area contributed by atoms with E-state index < -0.39 is 0 Å². The third-order valence-corrected chi connectivity index (χ3v) is 6.25. The minimum atomic E-state index is 0.0911. The van der Waals surface area contributed by atoms with Gasteiger partial charge < -0.3 is 19.9 Å². The van der Waals surface area contributed by atoms with Crippen molar-refractivity contribution < 1.29 is 4.74 Å². The molecule has 2 aliphatic rings. The molecule has 0 radical (unpaired) electrons. The van der Waals surface area contributed by atoms with Crippen molar-refractivity contribution in [3.8, 4) is 0 Å². The molecule has 1 aromatic heterocycles. The van der Waals surface area contributed by atoms with Gasteiger partial charge in [0.25, 0.3) is 0 Å². The molecule has 1 atom stereocenters. The summed E-state index contributed by atoms with van der Waals surface area (Å²) < 4.78 is 6.07. The molecule has 0 saturated carbocycles. The van der Waals surface area contributed by atoms with E-state index in [1.165, 1.54) is 11.1 Å². The Labute approximate surface area is 191 Å². The lowest BCUT2D eigenvalue weighted by Gasteiger charge is -2.36. The van der Waals surface area contributed by atoms with Crippen LogP contribution in [0.3, 0.4) is 0 Å². The van der Waals surface area contributed by atoms with E-state index >= 15 is 0 Å². The maximum atomic E-state index is 6.07. The summed E-state index contributed by atoms with van der Waals surface area (Å²) in [4.78, 5) is 20.4. The van der Waals surface area contributed by atoms with E-state index in [0.717, 1.165) is 77.3 Å². The minimum absolute atomic E-state index is 0.0911. The van der Waals surface area contributed by atoms with Gasteiger partial charge >= 0.3 is 0 Å². The van der Waals surface area contributed by atoms with E-state index in [1.807, 2.05) is 25.5 Å². The van der Waals surface area contributed by atoms with Gasteiger partial charge in [0, 0.05) is 58.7 Å². The summed E-state index contributed by atoms with van der Waals surface area (Å²) in [5.41, 5.74) is 2.55. The molecule has 1 N–H and O–H groups in total. The first-order valence-electron chi connectivity index (χ1n) is 11.6. The summed E-state index contributed by atoms with van der Waals surface area (Å²) >= 11 is 0. The number of hydrogen-bond acceptors (Lipinski definition) is 6. The molecule has 0 bridgehead atoms. The number of ether oxygens (including phenoxy) is 1. The molecular formula is C24H35N7O. The molecule has 2 aliphatic heterocycles. The van der Waals surface area contributed by atoms with Crippen LogP contribution in [0.4, 0.5) is 5.95 Å². The highest BCUT2D eigenvalue weighted by atomic mass is 16.5. The summed E-state index contributed by atoms with van der Waals surface area (Å²) in [6.45, 7) is 10.6. The number of piperazine rings is 1. The van der Waals surface area contributed by atoms with Gasteiger partial charge in [-0.25, -0.2) is 9.97 Å². The van der Waals surface area contributed by atoms with Gasteiger partial charge in [0.15, 0.2) is 5.96 Å². The fourth-order valence-corrected chi connectivity index (χ4v) is 4.44. The summed E-state index contributed by atoms with van der Waals surface area (Å²) in [6.07, 6.45) is 4.80. The van der Waals surface area contributed by atoms with Gasteiger partial charge in [0.05, 0.1) is 13.2 Å². The van der Waals surface area contributed by atoms with Crippen molar-refractivity contribution in [3.63, 3.8) is 0 Å². The lowest BCUT2D eigenvalue weighted by Crippen LogP contribution is -2.49. The van der Waals surface area contributed by atoms with E-state index in [1.54, 1.807) is 0 Å². The van der Waals surface area contributed by atoms with Crippen molar-refractivity contribution in [2.24, 2.45) is 4.99 Å². The summed E-state index contributed by atoms with van der Waals surface area (Å²) in [7, 11) is 1.87. The first-order valence-corrected chi connectivity index (χ1v) is 11.6. The van der Waals surface area contributed by atoms with E-state index in [4.69, 9.17) is 4.74 Å². The molecule has 2 saturated heterocycles. The summed E-state index contributed by atoms with van der Waals surface area (Å²) in [5, 5.41) is 3.56. The Morgan fingerprint density at radius 2 is 1.88 bits per heavy atom. The zero-order chi connectivity index (χ0) is 22.2. The predicted octanol–water partition coefficient (Wildman–Crippen LogP) is 1.95. The van der Waals surface area contributed by atoms with Crippen LogP contribution in [0.15, 0.2) is 47.7 Å². The normalized spacial score (nSPS) is 20.4. The molecule has 4 rings (SSSR count). The van der Waals surface area contributed by atoms with Gasteiger partial charge in [0.2, 0.25) is 5.95 Å². The first kappa shape index (κ1) is 22.5. The van der Waals surface area contributed by atoms with Crippen LogP contribution in [0.5, 0.6) is 0 Å². The molecular weight excluding hydrogens is 402 g/mol. The number of aromatic nitrogens is 2. The highest BCUT2D eigenvalue weighted by Crippen LogP contribution is 2.25. The van der Waals surface area contributed by atoms with Gasteiger partial charge in [-0.3, -0.25) is 9.89 Å². The van der Waals surface area contributed by atoms with Crippen molar-refractivity contribution in [2.75, 3.05) is 70.9 Å². The van der Waals surface area contributed by atoms with Crippen LogP contribution in [0.25, 0.3) is 0 Å². The molecule has 172 valence electrons. The third-order valence-electron chi connectivity index (χ3n) is 6.25. The van der Waals surface area contributed by atoms with Crippen molar-refractivity contribution in [1.29, 1.82) is 0 Å². The number of nitrogens with one attached hydrogen (secondary N) is 1. The van der Waals surface area contributed by atoms with Crippen LogP contribution < -0.4 is 10.2 Å². The topological polar surface area (TPSA) is 69.1 Å². The lowest BCUT2D eigenvalue weighted by molar-refractivity contribution is -0.00831. The molecule has 1 aromatic carbocycles. The SMILES string of the molecule is CN=C(NCCCN1CCN(c2ncccn2)CC1)N1CCOC(c2ccccc2C)C1. The Morgan fingerprint density at radius 1 is 1.09 bits per heavy atom. The largest absolute Gasteiger partial charge is 0.370 e. The Kier molecular flexibility index (Phi) is 7.90. The average molecular weight is 438 g/mol. The van der Waals surface area contributed by atoms with Crippen LogP contribution >= 0.6 is 0 Å². The molecule has 2 fully saturated rings. The van der Waals surface area contributed by atoms with Crippen LogP contribution in [0.1, 0.15) is 23.7 Å². The van der Waals surface area contributed by atoms with Crippen molar-refractivity contribution in [3.05, 3.63) is 53.9 Å². The Morgan fingerprint density at radius 3 is 2.62 bits per heavy atom. The Hall–Kier alpha value is -2.71. The molecule has 0 amide bonds. The zero-order valence-corrected chi connectivity index (χ0v) is 19.3. The molecule has 2 aromatic rings. The van der Waals surface area contributed by atoms with E-state index in [-0.39, 0.29) is 6.10 Å². The number of nitrogens with zero attached hydrogens (tertiary/aromatic N) is 6. The van der Waals surface area contributed by atoms with Crippen molar-refractivity contribution >= 4 is 11.9 Å². The summed E-state index contributed by atoms with van der Waals surface area (Å²) in [6, 6.07) is 10.3. The number of aryl methyl sites for hydroxylation is 1. The molecule has 32 heavy (non-hydrogen) atoms. The molecule has 0 aliphatic carbocycles. The van der Waals surface area contributed by atoms with Gasteiger partial charge in [-0.1, -0.05) is 24.3 Å². The second kappa shape index (κ2) is 11.2. The van der Waals surface area contributed by atoms with E-state index in [9.17, 15) is 0 Å². The average Bonchev–Trinajstić information content (AvgIpc) is 2.85. The van der Waals surface area contributed by atoms with Crippen LogP contribution in [-0.2, 0) is 4.74 Å². The number of morpholine rings is 1. The standard InChI is InChI=1S/C24H35N7O/c1-20-7-3-4-8-21(20)22-19-31(17-18-32-22)23(25-2)26-11-6-12-29-13-15-30(16-14-29)24-27-9-5-10-28-24/h3-5,7-10,22H,6,11-19H2,1-2H3,(H,25,26). The smallest absolute Gasteiger partial charge is 0.225 e. The monoisotopic (exact) mass is 437 g/mol. The van der Waals surface area contributed by atoms with Crippen molar-refractivity contribution in [2.45, 2.75) is 19.4 Å². The fraction of sp³-hybridized carbons (Fsp3) is 0.542. The summed E-state index contributed by atoms with van der Waals surface area (Å²) in [5.74, 6) is 1.81. The van der Waals surface area contributed by atoms with E-state index in [2.05, 4.69) is 66.2 Å². The third kappa shape index (κ3) is 5.75. The quantitative estimate of drug-likeness (QED) is 0.421. The van der Waals surface area contributed by atoms with Crippen LogP contribution in [0.2, 0.25) is 0 Å². The number of benzene rings is 1. The van der Waals surface area contributed by atoms with Crippen LogP contribution in [-0.4, -0.2) is 91.7 Å². The predicted molar refractivity (Wildman–Crippen MR) is 128 cm³/mol. The molecule has 3 heterocycles. The van der Waals surface area contributed by atoms with Crippen LogP contribution in [0, 0.1) is 6.92 Å². The highest BCUT2D eigenvalue weighted by Gasteiger charge is 2.25. The maximum Gasteiger partial charge on any atom is 0.225 e. The van der Waals surface area contributed by atoms with E-state index in [0.29, 0.717) is 0 Å².